The van der Waals surface area contributed by atoms with E-state index >= 15 is 0 Å². The highest BCUT2D eigenvalue weighted by Gasteiger charge is 2.36. The number of carbonyl (C=O) groups excluding carboxylic acids is 1. The average Bonchev–Trinajstić information content (AvgIpc) is 2.54. The number of alkyl halides is 3. The van der Waals surface area contributed by atoms with Crippen molar-refractivity contribution in [1.29, 1.82) is 0 Å². The van der Waals surface area contributed by atoms with Crippen molar-refractivity contribution < 1.29 is 23.1 Å². The van der Waals surface area contributed by atoms with Gasteiger partial charge in [0, 0.05) is 19.7 Å². The van der Waals surface area contributed by atoms with Crippen molar-refractivity contribution >= 4 is 11.7 Å². The molecule has 0 aromatic heterocycles. The maximum absolute atomic E-state index is 12.9. The SMILES string of the molecule is CCC1(CO)CCN(C(=O)Nc2ccccc2C(F)(F)F)CC1. The van der Waals surface area contributed by atoms with E-state index in [1.54, 1.807) is 0 Å². The largest absolute Gasteiger partial charge is 0.418 e. The van der Waals surface area contributed by atoms with Crippen LogP contribution in [0.1, 0.15) is 31.7 Å². The van der Waals surface area contributed by atoms with Crippen LogP contribution in [0.25, 0.3) is 0 Å². The Morgan fingerprint density at radius 1 is 1.30 bits per heavy atom. The Kier molecular flexibility index (Phi) is 5.19. The van der Waals surface area contributed by atoms with Crippen molar-refractivity contribution in [2.45, 2.75) is 32.4 Å². The molecule has 23 heavy (non-hydrogen) atoms. The molecule has 2 rings (SSSR count). The first-order valence-electron chi connectivity index (χ1n) is 7.64. The second-order valence-electron chi connectivity index (χ2n) is 5.97. The predicted molar refractivity (Wildman–Crippen MR) is 81.1 cm³/mol. The molecule has 0 spiro atoms. The van der Waals surface area contributed by atoms with Crippen LogP contribution >= 0.6 is 0 Å². The highest BCUT2D eigenvalue weighted by atomic mass is 19.4. The number of benzene rings is 1. The van der Waals surface area contributed by atoms with Crippen LogP contribution in [0.4, 0.5) is 23.7 Å². The van der Waals surface area contributed by atoms with E-state index in [0.717, 1.165) is 12.5 Å². The molecule has 1 aromatic rings. The first-order valence-corrected chi connectivity index (χ1v) is 7.64. The van der Waals surface area contributed by atoms with Crippen LogP contribution in [0.3, 0.4) is 0 Å². The number of nitrogens with one attached hydrogen (secondary N) is 1. The second-order valence-corrected chi connectivity index (χ2v) is 5.97. The number of anilines is 1. The molecular formula is C16H21F3N2O2. The summed E-state index contributed by atoms with van der Waals surface area (Å²) >= 11 is 0. The number of hydrogen-bond donors (Lipinski definition) is 2. The lowest BCUT2D eigenvalue weighted by molar-refractivity contribution is -0.136. The van der Waals surface area contributed by atoms with E-state index in [0.29, 0.717) is 25.9 Å². The monoisotopic (exact) mass is 330 g/mol. The zero-order valence-corrected chi connectivity index (χ0v) is 13.0. The highest BCUT2D eigenvalue weighted by Crippen LogP contribution is 2.36. The van der Waals surface area contributed by atoms with Crippen LogP contribution in [0.5, 0.6) is 0 Å². The lowest BCUT2D eigenvalue weighted by Crippen LogP contribution is -2.46. The Morgan fingerprint density at radius 3 is 2.43 bits per heavy atom. The van der Waals surface area contributed by atoms with E-state index in [-0.39, 0.29) is 17.7 Å². The van der Waals surface area contributed by atoms with Gasteiger partial charge in [0.05, 0.1) is 11.3 Å². The molecule has 1 heterocycles. The van der Waals surface area contributed by atoms with Gasteiger partial charge in [-0.2, -0.15) is 13.2 Å². The first kappa shape index (κ1) is 17.6. The van der Waals surface area contributed by atoms with Gasteiger partial charge >= 0.3 is 12.2 Å². The van der Waals surface area contributed by atoms with E-state index < -0.39 is 17.8 Å². The molecule has 0 bridgehead atoms. The number of amides is 2. The van der Waals surface area contributed by atoms with Gasteiger partial charge in [0.1, 0.15) is 0 Å². The summed E-state index contributed by atoms with van der Waals surface area (Å²) < 4.78 is 38.8. The number of nitrogens with zero attached hydrogens (tertiary/aromatic N) is 1. The van der Waals surface area contributed by atoms with Gasteiger partial charge < -0.3 is 15.3 Å². The molecule has 0 saturated carbocycles. The van der Waals surface area contributed by atoms with Gasteiger partial charge in [-0.15, -0.1) is 0 Å². The Morgan fingerprint density at radius 2 is 1.91 bits per heavy atom. The number of piperidine rings is 1. The number of para-hydroxylation sites is 1. The summed E-state index contributed by atoms with van der Waals surface area (Å²) in [6.07, 6.45) is -2.40. The van der Waals surface area contributed by atoms with Crippen LogP contribution in [0.2, 0.25) is 0 Å². The summed E-state index contributed by atoms with van der Waals surface area (Å²) in [6.45, 7) is 2.91. The van der Waals surface area contributed by atoms with Crippen molar-refractivity contribution in [3.63, 3.8) is 0 Å². The molecule has 0 atom stereocenters. The zero-order valence-electron chi connectivity index (χ0n) is 13.0. The molecule has 2 amide bonds. The second kappa shape index (κ2) is 6.78. The van der Waals surface area contributed by atoms with Gasteiger partial charge in [0.15, 0.2) is 0 Å². The van der Waals surface area contributed by atoms with Gasteiger partial charge in [0.2, 0.25) is 0 Å². The molecule has 1 saturated heterocycles. The van der Waals surface area contributed by atoms with Gasteiger partial charge in [-0.1, -0.05) is 19.1 Å². The van der Waals surface area contributed by atoms with Crippen LogP contribution < -0.4 is 5.32 Å². The van der Waals surface area contributed by atoms with Crippen LogP contribution in [0, 0.1) is 5.41 Å². The van der Waals surface area contributed by atoms with Gasteiger partial charge in [-0.3, -0.25) is 0 Å². The zero-order chi connectivity index (χ0) is 17.1. The van der Waals surface area contributed by atoms with Gasteiger partial charge in [-0.25, -0.2) is 4.79 Å². The van der Waals surface area contributed by atoms with Crippen molar-refractivity contribution in [3.8, 4) is 0 Å². The third-order valence-electron chi connectivity index (χ3n) is 4.67. The number of urea groups is 1. The first-order chi connectivity index (χ1) is 10.8. The minimum Gasteiger partial charge on any atom is -0.396 e. The molecule has 0 radical (unpaired) electrons. The normalized spacial score (nSPS) is 17.9. The minimum absolute atomic E-state index is 0.0653. The number of aliphatic hydroxyl groups is 1. The third kappa shape index (κ3) is 3.96. The Balaban J connectivity index is 2.04. The number of likely N-dealkylation sites (tertiary alicyclic amines) is 1. The molecule has 7 heteroatoms. The molecule has 2 N–H and O–H groups in total. The molecule has 0 unspecified atom stereocenters. The summed E-state index contributed by atoms with van der Waals surface area (Å²) in [4.78, 5) is 13.7. The van der Waals surface area contributed by atoms with Gasteiger partial charge in [0.25, 0.3) is 0 Å². The van der Waals surface area contributed by atoms with Crippen molar-refractivity contribution in [2.24, 2.45) is 5.41 Å². The molecule has 4 nitrogen and oxygen atoms in total. The van der Waals surface area contributed by atoms with E-state index in [1.807, 2.05) is 6.92 Å². The third-order valence-corrected chi connectivity index (χ3v) is 4.67. The van der Waals surface area contributed by atoms with E-state index in [2.05, 4.69) is 5.32 Å². The van der Waals surface area contributed by atoms with E-state index in [1.165, 1.54) is 23.1 Å². The van der Waals surface area contributed by atoms with Crippen LogP contribution in [-0.2, 0) is 6.18 Å². The number of halogens is 3. The minimum atomic E-state index is -4.51. The van der Waals surface area contributed by atoms with Crippen LogP contribution in [0.15, 0.2) is 24.3 Å². The molecular weight excluding hydrogens is 309 g/mol. The lowest BCUT2D eigenvalue weighted by Gasteiger charge is -2.40. The maximum Gasteiger partial charge on any atom is 0.418 e. The van der Waals surface area contributed by atoms with Gasteiger partial charge in [-0.05, 0) is 36.8 Å². The molecule has 1 fully saturated rings. The Hall–Kier alpha value is -1.76. The molecule has 1 aromatic carbocycles. The topological polar surface area (TPSA) is 52.6 Å². The van der Waals surface area contributed by atoms with Crippen molar-refractivity contribution in [2.75, 3.05) is 25.0 Å². The standard InChI is InChI=1S/C16H21F3N2O2/c1-2-15(11-22)7-9-21(10-8-15)14(23)20-13-6-4-3-5-12(13)16(17,18)19/h3-6,22H,2,7-11H2,1H3,(H,20,23). The number of carbonyl (C=O) groups is 1. The van der Waals surface area contributed by atoms with Crippen LogP contribution in [-0.4, -0.2) is 35.7 Å². The number of hydrogen-bond acceptors (Lipinski definition) is 2. The summed E-state index contributed by atoms with van der Waals surface area (Å²) in [7, 11) is 0. The maximum atomic E-state index is 12.9. The van der Waals surface area contributed by atoms with E-state index in [4.69, 9.17) is 0 Å². The van der Waals surface area contributed by atoms with Crippen molar-refractivity contribution in [3.05, 3.63) is 29.8 Å². The van der Waals surface area contributed by atoms with Crippen molar-refractivity contribution in [1.82, 2.24) is 4.90 Å². The molecule has 1 aliphatic heterocycles. The lowest BCUT2D eigenvalue weighted by atomic mass is 9.77. The number of rotatable bonds is 3. The fourth-order valence-electron chi connectivity index (χ4n) is 2.84. The smallest absolute Gasteiger partial charge is 0.396 e. The predicted octanol–water partition coefficient (Wildman–Crippen LogP) is 3.72. The molecule has 1 aliphatic rings. The molecule has 128 valence electrons. The fourth-order valence-corrected chi connectivity index (χ4v) is 2.84. The Labute approximate surface area is 133 Å². The Bertz CT molecular complexity index is 547. The number of aliphatic hydroxyl groups excluding tert-OH is 1. The quantitative estimate of drug-likeness (QED) is 0.887. The van der Waals surface area contributed by atoms with E-state index in [9.17, 15) is 23.1 Å². The summed E-state index contributed by atoms with van der Waals surface area (Å²) in [5.74, 6) is 0. The average molecular weight is 330 g/mol. The summed E-state index contributed by atoms with van der Waals surface area (Å²) in [5.41, 5.74) is -1.27. The molecule has 0 aliphatic carbocycles. The summed E-state index contributed by atoms with van der Waals surface area (Å²) in [6, 6.07) is 4.39. The highest BCUT2D eigenvalue weighted by molar-refractivity contribution is 5.90. The fraction of sp³-hybridized carbons (Fsp3) is 0.562. The summed E-state index contributed by atoms with van der Waals surface area (Å²) in [5, 5.41) is 11.8.